The molecular weight excluding hydrogens is 266 g/mol. The molecule has 0 aliphatic carbocycles. The molecule has 2 N–H and O–H groups in total. The Hall–Kier alpha value is -0.380. The van der Waals surface area contributed by atoms with Crippen LogP contribution in [0.1, 0.15) is 31.0 Å². The summed E-state index contributed by atoms with van der Waals surface area (Å²) >= 11 is 3.48. The van der Waals surface area contributed by atoms with Crippen LogP contribution in [0, 0.1) is 12.8 Å². The van der Waals surface area contributed by atoms with Crippen molar-refractivity contribution in [1.82, 2.24) is 5.32 Å². The summed E-state index contributed by atoms with van der Waals surface area (Å²) in [6.45, 7) is 7.43. The summed E-state index contributed by atoms with van der Waals surface area (Å²) in [5.41, 5.74) is 2.34. The van der Waals surface area contributed by atoms with Crippen molar-refractivity contribution in [2.24, 2.45) is 5.92 Å². The van der Waals surface area contributed by atoms with E-state index in [1.54, 1.807) is 0 Å². The zero-order valence-electron chi connectivity index (χ0n) is 10.1. The van der Waals surface area contributed by atoms with Gasteiger partial charge in [-0.3, -0.25) is 0 Å². The highest BCUT2D eigenvalue weighted by molar-refractivity contribution is 9.10. The Kier molecular flexibility index (Phi) is 5.46. The highest BCUT2D eigenvalue weighted by Crippen LogP contribution is 2.21. The van der Waals surface area contributed by atoms with Crippen molar-refractivity contribution in [3.8, 4) is 0 Å². The molecule has 0 amide bonds. The summed E-state index contributed by atoms with van der Waals surface area (Å²) in [6.07, 6.45) is 0. The molecule has 1 atom stereocenters. The maximum absolute atomic E-state index is 9.38. The molecule has 0 aliphatic heterocycles. The van der Waals surface area contributed by atoms with E-state index in [9.17, 15) is 5.11 Å². The van der Waals surface area contributed by atoms with Gasteiger partial charge in [0.25, 0.3) is 0 Å². The van der Waals surface area contributed by atoms with Gasteiger partial charge in [-0.05, 0) is 36.6 Å². The first-order valence-electron chi connectivity index (χ1n) is 5.65. The third-order valence-corrected chi connectivity index (χ3v) is 3.43. The highest BCUT2D eigenvalue weighted by Gasteiger charge is 2.10. The Labute approximate surface area is 106 Å². The number of aliphatic hydroxyl groups excluding tert-OH is 1. The minimum absolute atomic E-state index is 0.0363. The van der Waals surface area contributed by atoms with Crippen LogP contribution in [0.25, 0.3) is 0 Å². The van der Waals surface area contributed by atoms with Gasteiger partial charge in [0.1, 0.15) is 0 Å². The molecule has 0 bridgehead atoms. The molecule has 0 aromatic heterocycles. The molecule has 0 saturated heterocycles. The fourth-order valence-corrected chi connectivity index (χ4v) is 1.80. The van der Waals surface area contributed by atoms with Crippen molar-refractivity contribution in [3.63, 3.8) is 0 Å². The van der Waals surface area contributed by atoms with E-state index in [1.165, 1.54) is 5.56 Å². The van der Waals surface area contributed by atoms with Gasteiger partial charge in [0, 0.05) is 4.47 Å². The lowest BCUT2D eigenvalue weighted by Gasteiger charge is -2.19. The van der Waals surface area contributed by atoms with Gasteiger partial charge in [0.15, 0.2) is 0 Å². The molecule has 1 aromatic carbocycles. The average molecular weight is 286 g/mol. The van der Waals surface area contributed by atoms with Crippen molar-refractivity contribution in [1.29, 1.82) is 0 Å². The molecule has 1 rings (SSSR count). The summed E-state index contributed by atoms with van der Waals surface area (Å²) in [6, 6.07) is 6.22. The van der Waals surface area contributed by atoms with Crippen molar-refractivity contribution >= 4 is 15.9 Å². The summed E-state index contributed by atoms with van der Waals surface area (Å²) in [7, 11) is 0. The minimum Gasteiger partial charge on any atom is -0.394 e. The van der Waals surface area contributed by atoms with Crippen LogP contribution in [0.5, 0.6) is 0 Å². The molecule has 0 spiro atoms. The Morgan fingerprint density at radius 1 is 1.38 bits per heavy atom. The van der Waals surface area contributed by atoms with Crippen LogP contribution in [0.2, 0.25) is 0 Å². The first-order chi connectivity index (χ1) is 7.54. The topological polar surface area (TPSA) is 32.3 Å². The van der Waals surface area contributed by atoms with Crippen LogP contribution in [-0.4, -0.2) is 18.3 Å². The Morgan fingerprint density at radius 2 is 2.06 bits per heavy atom. The zero-order valence-corrected chi connectivity index (χ0v) is 11.7. The van der Waals surface area contributed by atoms with Gasteiger partial charge in [0.2, 0.25) is 0 Å². The lowest BCUT2D eigenvalue weighted by atomic mass is 10.0. The Balaban J connectivity index is 2.74. The van der Waals surface area contributed by atoms with Gasteiger partial charge in [-0.1, -0.05) is 41.9 Å². The van der Waals surface area contributed by atoms with Gasteiger partial charge in [-0.15, -0.1) is 0 Å². The molecule has 1 aromatic rings. The molecule has 0 aliphatic rings. The lowest BCUT2D eigenvalue weighted by Crippen LogP contribution is -2.27. The minimum atomic E-state index is 0.0363. The molecule has 0 radical (unpaired) electrons. The number of aliphatic hydroxyl groups is 1. The van der Waals surface area contributed by atoms with Crippen molar-refractivity contribution in [2.45, 2.75) is 26.8 Å². The molecule has 0 fully saturated rings. The number of hydrogen-bond donors (Lipinski definition) is 2. The van der Waals surface area contributed by atoms with Crippen molar-refractivity contribution in [2.75, 3.05) is 13.2 Å². The van der Waals surface area contributed by atoms with Crippen LogP contribution in [-0.2, 0) is 0 Å². The number of hydrogen-bond acceptors (Lipinski definition) is 2. The van der Waals surface area contributed by atoms with Gasteiger partial charge in [0.05, 0.1) is 12.6 Å². The van der Waals surface area contributed by atoms with E-state index < -0.39 is 0 Å². The molecule has 90 valence electrons. The number of rotatable bonds is 5. The fourth-order valence-electron chi connectivity index (χ4n) is 1.55. The van der Waals surface area contributed by atoms with E-state index >= 15 is 0 Å². The SMILES string of the molecule is Cc1cc(C(CO)NCC(C)C)ccc1Br. The maximum Gasteiger partial charge on any atom is 0.0626 e. The van der Waals surface area contributed by atoms with E-state index in [2.05, 4.69) is 48.1 Å². The summed E-state index contributed by atoms with van der Waals surface area (Å²) < 4.78 is 1.11. The predicted molar refractivity (Wildman–Crippen MR) is 71.5 cm³/mol. The average Bonchev–Trinajstić information content (AvgIpc) is 2.23. The Bertz CT molecular complexity index is 339. The van der Waals surface area contributed by atoms with Gasteiger partial charge in [-0.2, -0.15) is 0 Å². The fraction of sp³-hybridized carbons (Fsp3) is 0.538. The van der Waals surface area contributed by atoms with Crippen LogP contribution >= 0.6 is 15.9 Å². The smallest absolute Gasteiger partial charge is 0.0626 e. The number of aryl methyl sites for hydroxylation is 1. The molecule has 2 nitrogen and oxygen atoms in total. The molecule has 16 heavy (non-hydrogen) atoms. The van der Waals surface area contributed by atoms with Crippen LogP contribution < -0.4 is 5.32 Å². The van der Waals surface area contributed by atoms with Gasteiger partial charge in [-0.25, -0.2) is 0 Å². The molecular formula is C13H20BrNO. The van der Waals surface area contributed by atoms with Crippen molar-refractivity contribution in [3.05, 3.63) is 33.8 Å². The Morgan fingerprint density at radius 3 is 2.56 bits per heavy atom. The number of benzene rings is 1. The molecule has 0 heterocycles. The van der Waals surface area contributed by atoms with E-state index in [0.717, 1.165) is 16.6 Å². The molecule has 1 unspecified atom stereocenters. The normalized spacial score (nSPS) is 13.1. The summed E-state index contributed by atoms with van der Waals surface area (Å²) in [5.74, 6) is 0.589. The summed E-state index contributed by atoms with van der Waals surface area (Å²) in [4.78, 5) is 0. The van der Waals surface area contributed by atoms with Crippen LogP contribution in [0.15, 0.2) is 22.7 Å². The second-order valence-corrected chi connectivity index (χ2v) is 5.40. The second kappa shape index (κ2) is 6.38. The van der Waals surface area contributed by atoms with E-state index in [1.807, 2.05) is 12.1 Å². The first-order valence-corrected chi connectivity index (χ1v) is 6.44. The van der Waals surface area contributed by atoms with E-state index in [0.29, 0.717) is 5.92 Å². The number of nitrogens with one attached hydrogen (secondary N) is 1. The zero-order chi connectivity index (χ0) is 12.1. The van der Waals surface area contributed by atoms with E-state index in [4.69, 9.17) is 0 Å². The van der Waals surface area contributed by atoms with Gasteiger partial charge < -0.3 is 10.4 Å². The second-order valence-electron chi connectivity index (χ2n) is 4.55. The predicted octanol–water partition coefficient (Wildman–Crippen LogP) is 3.04. The third-order valence-electron chi connectivity index (χ3n) is 2.54. The number of halogens is 1. The van der Waals surface area contributed by atoms with Crippen molar-refractivity contribution < 1.29 is 5.11 Å². The molecule has 3 heteroatoms. The highest BCUT2D eigenvalue weighted by atomic mass is 79.9. The third kappa shape index (κ3) is 3.89. The lowest BCUT2D eigenvalue weighted by molar-refractivity contribution is 0.241. The first kappa shape index (κ1) is 13.7. The van der Waals surface area contributed by atoms with Crippen LogP contribution in [0.3, 0.4) is 0 Å². The summed E-state index contributed by atoms with van der Waals surface area (Å²) in [5, 5.41) is 12.7. The standard InChI is InChI=1S/C13H20BrNO/c1-9(2)7-15-13(8-16)11-4-5-12(14)10(3)6-11/h4-6,9,13,15-16H,7-8H2,1-3H3. The largest absolute Gasteiger partial charge is 0.394 e. The van der Waals surface area contributed by atoms with Crippen LogP contribution in [0.4, 0.5) is 0 Å². The maximum atomic E-state index is 9.38. The van der Waals surface area contributed by atoms with Gasteiger partial charge >= 0.3 is 0 Å². The van der Waals surface area contributed by atoms with E-state index in [-0.39, 0.29) is 12.6 Å². The molecule has 0 saturated carbocycles. The quantitative estimate of drug-likeness (QED) is 0.872. The monoisotopic (exact) mass is 285 g/mol.